The molecule has 1 saturated heterocycles. The smallest absolute Gasteiger partial charge is 0.115 e. The van der Waals surface area contributed by atoms with Crippen LogP contribution >= 0.6 is 0 Å². The van der Waals surface area contributed by atoms with E-state index in [0.717, 1.165) is 25.1 Å². The summed E-state index contributed by atoms with van der Waals surface area (Å²) in [5.41, 5.74) is 0.892. The number of hydrogen-bond acceptors (Lipinski definition) is 3. The van der Waals surface area contributed by atoms with Gasteiger partial charge >= 0.3 is 0 Å². The Morgan fingerprint density at radius 2 is 2.06 bits per heavy atom. The number of phenolic OH excluding ortho intramolecular Hbond substituents is 1. The molecule has 16 heavy (non-hydrogen) atoms. The lowest BCUT2D eigenvalue weighted by Crippen LogP contribution is -2.30. The SMILES string of the molecule is Oc1ccc(C(O)CC2CCCNC2)cc1. The molecule has 2 unspecified atom stereocenters. The van der Waals surface area contributed by atoms with Crippen LogP contribution in [0, 0.1) is 5.92 Å². The number of aromatic hydroxyl groups is 1. The first-order valence-electron chi connectivity index (χ1n) is 5.93. The van der Waals surface area contributed by atoms with Crippen molar-refractivity contribution in [3.05, 3.63) is 29.8 Å². The Hall–Kier alpha value is -1.06. The molecule has 0 amide bonds. The summed E-state index contributed by atoms with van der Waals surface area (Å²) in [6.45, 7) is 2.11. The lowest BCUT2D eigenvalue weighted by molar-refractivity contribution is 0.135. The van der Waals surface area contributed by atoms with Crippen LogP contribution < -0.4 is 5.32 Å². The third-order valence-electron chi connectivity index (χ3n) is 3.23. The van der Waals surface area contributed by atoms with Crippen LogP contribution in [-0.2, 0) is 0 Å². The summed E-state index contributed by atoms with van der Waals surface area (Å²) < 4.78 is 0. The molecule has 3 nitrogen and oxygen atoms in total. The standard InChI is InChI=1S/C13H19NO2/c15-12-5-3-11(4-6-12)13(16)8-10-2-1-7-14-9-10/h3-6,10,13-16H,1-2,7-9H2. The number of benzene rings is 1. The largest absolute Gasteiger partial charge is 0.508 e. The second kappa shape index (κ2) is 5.32. The van der Waals surface area contributed by atoms with Crippen molar-refractivity contribution in [1.29, 1.82) is 0 Å². The Balaban J connectivity index is 1.91. The van der Waals surface area contributed by atoms with Crippen molar-refractivity contribution >= 4 is 0 Å². The average Bonchev–Trinajstić information content (AvgIpc) is 2.31. The molecule has 0 bridgehead atoms. The Kier molecular flexibility index (Phi) is 3.80. The van der Waals surface area contributed by atoms with E-state index in [9.17, 15) is 5.11 Å². The van der Waals surface area contributed by atoms with Crippen LogP contribution in [0.2, 0.25) is 0 Å². The fourth-order valence-electron chi connectivity index (χ4n) is 2.27. The van der Waals surface area contributed by atoms with E-state index < -0.39 is 6.10 Å². The monoisotopic (exact) mass is 221 g/mol. The molecule has 0 saturated carbocycles. The summed E-state index contributed by atoms with van der Waals surface area (Å²) in [7, 11) is 0. The first-order valence-corrected chi connectivity index (χ1v) is 5.93. The summed E-state index contributed by atoms with van der Waals surface area (Å²) in [6.07, 6.45) is 2.79. The fraction of sp³-hybridized carbons (Fsp3) is 0.538. The molecule has 0 radical (unpaired) electrons. The van der Waals surface area contributed by atoms with Gasteiger partial charge in [-0.3, -0.25) is 0 Å². The highest BCUT2D eigenvalue weighted by Crippen LogP contribution is 2.26. The summed E-state index contributed by atoms with van der Waals surface area (Å²) >= 11 is 0. The minimum absolute atomic E-state index is 0.246. The topological polar surface area (TPSA) is 52.5 Å². The Labute approximate surface area is 96.1 Å². The fourth-order valence-corrected chi connectivity index (χ4v) is 2.27. The lowest BCUT2D eigenvalue weighted by atomic mass is 9.91. The molecular weight excluding hydrogens is 202 g/mol. The maximum atomic E-state index is 10.1. The molecule has 0 aromatic heterocycles. The molecule has 1 heterocycles. The van der Waals surface area contributed by atoms with E-state index in [2.05, 4.69) is 5.32 Å². The highest BCUT2D eigenvalue weighted by molar-refractivity contribution is 5.27. The summed E-state index contributed by atoms with van der Waals surface area (Å²) in [5, 5.41) is 22.6. The molecule has 1 aliphatic rings. The number of aliphatic hydroxyl groups is 1. The zero-order valence-electron chi connectivity index (χ0n) is 9.39. The molecule has 3 N–H and O–H groups in total. The van der Waals surface area contributed by atoms with Crippen LogP contribution in [0.15, 0.2) is 24.3 Å². The molecule has 1 fully saturated rings. The van der Waals surface area contributed by atoms with Gasteiger partial charge in [0.2, 0.25) is 0 Å². The van der Waals surface area contributed by atoms with E-state index in [-0.39, 0.29) is 5.75 Å². The van der Waals surface area contributed by atoms with Gasteiger partial charge in [-0.25, -0.2) is 0 Å². The van der Waals surface area contributed by atoms with E-state index in [1.165, 1.54) is 12.8 Å². The maximum absolute atomic E-state index is 10.1. The minimum Gasteiger partial charge on any atom is -0.508 e. The van der Waals surface area contributed by atoms with Crippen molar-refractivity contribution in [2.24, 2.45) is 5.92 Å². The molecule has 0 aliphatic carbocycles. The quantitative estimate of drug-likeness (QED) is 0.729. The Morgan fingerprint density at radius 1 is 1.31 bits per heavy atom. The molecule has 2 rings (SSSR count). The first kappa shape index (κ1) is 11.4. The van der Waals surface area contributed by atoms with Crippen LogP contribution in [0.25, 0.3) is 0 Å². The van der Waals surface area contributed by atoms with Crippen molar-refractivity contribution in [3.8, 4) is 5.75 Å². The second-order valence-electron chi connectivity index (χ2n) is 4.56. The highest BCUT2D eigenvalue weighted by atomic mass is 16.3. The van der Waals surface area contributed by atoms with Gasteiger partial charge in [0, 0.05) is 0 Å². The van der Waals surface area contributed by atoms with Gasteiger partial charge in [0.15, 0.2) is 0 Å². The summed E-state index contributed by atoms with van der Waals surface area (Å²) in [5.74, 6) is 0.813. The molecule has 1 aromatic rings. The maximum Gasteiger partial charge on any atom is 0.115 e. The molecule has 2 atom stereocenters. The van der Waals surface area contributed by atoms with Crippen LogP contribution in [0.3, 0.4) is 0 Å². The Morgan fingerprint density at radius 3 is 2.69 bits per heavy atom. The van der Waals surface area contributed by atoms with Gasteiger partial charge in [-0.1, -0.05) is 12.1 Å². The lowest BCUT2D eigenvalue weighted by Gasteiger charge is -2.25. The molecule has 3 heteroatoms. The Bertz CT molecular complexity index is 317. The van der Waals surface area contributed by atoms with Crippen molar-refractivity contribution in [1.82, 2.24) is 5.32 Å². The van der Waals surface area contributed by atoms with Crippen LogP contribution in [0.5, 0.6) is 5.75 Å². The van der Waals surface area contributed by atoms with E-state index in [0.29, 0.717) is 5.92 Å². The van der Waals surface area contributed by atoms with E-state index >= 15 is 0 Å². The summed E-state index contributed by atoms with van der Waals surface area (Å²) in [6, 6.07) is 6.82. The van der Waals surface area contributed by atoms with E-state index in [1.54, 1.807) is 24.3 Å². The first-order chi connectivity index (χ1) is 7.75. The van der Waals surface area contributed by atoms with Gasteiger partial charge in [0.05, 0.1) is 6.10 Å². The number of rotatable bonds is 3. The third-order valence-corrected chi connectivity index (χ3v) is 3.23. The van der Waals surface area contributed by atoms with Gasteiger partial charge in [-0.2, -0.15) is 0 Å². The van der Waals surface area contributed by atoms with Crippen LogP contribution in [0.4, 0.5) is 0 Å². The predicted octanol–water partition coefficient (Wildman–Crippen LogP) is 1.82. The van der Waals surface area contributed by atoms with Crippen LogP contribution in [0.1, 0.15) is 30.9 Å². The number of piperidine rings is 1. The van der Waals surface area contributed by atoms with Crippen molar-refractivity contribution < 1.29 is 10.2 Å². The predicted molar refractivity (Wildman–Crippen MR) is 63.3 cm³/mol. The number of aliphatic hydroxyl groups excluding tert-OH is 1. The number of hydrogen-bond donors (Lipinski definition) is 3. The van der Waals surface area contributed by atoms with Gasteiger partial charge in [-0.05, 0) is 56.0 Å². The molecule has 1 aliphatic heterocycles. The van der Waals surface area contributed by atoms with Crippen molar-refractivity contribution in [2.45, 2.75) is 25.4 Å². The zero-order valence-corrected chi connectivity index (χ0v) is 9.39. The average molecular weight is 221 g/mol. The summed E-state index contributed by atoms with van der Waals surface area (Å²) in [4.78, 5) is 0. The number of nitrogens with one attached hydrogen (secondary N) is 1. The van der Waals surface area contributed by atoms with Gasteiger partial charge in [0.1, 0.15) is 5.75 Å². The van der Waals surface area contributed by atoms with Gasteiger partial charge < -0.3 is 15.5 Å². The zero-order chi connectivity index (χ0) is 11.4. The van der Waals surface area contributed by atoms with Crippen LogP contribution in [-0.4, -0.2) is 23.3 Å². The number of phenols is 1. The minimum atomic E-state index is -0.412. The highest BCUT2D eigenvalue weighted by Gasteiger charge is 2.18. The van der Waals surface area contributed by atoms with Gasteiger partial charge in [0.25, 0.3) is 0 Å². The molecule has 88 valence electrons. The van der Waals surface area contributed by atoms with E-state index in [1.807, 2.05) is 0 Å². The molecular formula is C13H19NO2. The van der Waals surface area contributed by atoms with E-state index in [4.69, 9.17) is 5.11 Å². The van der Waals surface area contributed by atoms with Gasteiger partial charge in [-0.15, -0.1) is 0 Å². The molecule has 1 aromatic carbocycles. The molecule has 0 spiro atoms. The third kappa shape index (κ3) is 2.97. The normalized spacial score (nSPS) is 22.9. The van der Waals surface area contributed by atoms with Crippen molar-refractivity contribution in [3.63, 3.8) is 0 Å². The van der Waals surface area contributed by atoms with Crippen molar-refractivity contribution in [2.75, 3.05) is 13.1 Å². The second-order valence-corrected chi connectivity index (χ2v) is 4.56.